The maximum Gasteiger partial charge on any atom is 0.0668 e. The molecule has 2 nitrogen and oxygen atoms in total. The van der Waals surface area contributed by atoms with Crippen molar-refractivity contribution in [3.63, 3.8) is 0 Å². The topological polar surface area (TPSA) is 15.3 Å². The quantitative estimate of drug-likeness (QED) is 0.887. The Labute approximate surface area is 108 Å². The Balaban J connectivity index is 1.70. The average molecular weight is 251 g/mol. The number of hydrogen-bond donors (Lipinski definition) is 1. The summed E-state index contributed by atoms with van der Waals surface area (Å²) >= 11 is 6.38. The van der Waals surface area contributed by atoms with Crippen molar-refractivity contribution in [1.29, 1.82) is 0 Å². The molecule has 1 N–H and O–H groups in total. The van der Waals surface area contributed by atoms with Gasteiger partial charge in [-0.15, -0.1) is 0 Å². The van der Waals surface area contributed by atoms with E-state index in [9.17, 15) is 0 Å². The first-order valence-corrected chi connectivity index (χ1v) is 6.88. The molecular weight excluding hydrogens is 232 g/mol. The van der Waals surface area contributed by atoms with Gasteiger partial charge in [-0.3, -0.25) is 0 Å². The summed E-state index contributed by atoms with van der Waals surface area (Å²) in [6.45, 7) is 4.29. The maximum absolute atomic E-state index is 6.38. The van der Waals surface area contributed by atoms with Crippen molar-refractivity contribution in [2.45, 2.75) is 38.3 Å². The van der Waals surface area contributed by atoms with Crippen LogP contribution in [0.4, 0.5) is 5.69 Å². The van der Waals surface area contributed by atoms with E-state index in [2.05, 4.69) is 35.3 Å². The highest BCUT2D eigenvalue weighted by molar-refractivity contribution is 6.34. The fourth-order valence-corrected chi connectivity index (χ4v) is 2.82. The number of nitrogens with one attached hydrogen (secondary N) is 1. The lowest BCUT2D eigenvalue weighted by Crippen LogP contribution is -2.34. The van der Waals surface area contributed by atoms with Crippen molar-refractivity contribution < 1.29 is 0 Å². The van der Waals surface area contributed by atoms with E-state index in [0.29, 0.717) is 6.04 Å². The molecule has 17 heavy (non-hydrogen) atoms. The van der Waals surface area contributed by atoms with Crippen LogP contribution in [0.25, 0.3) is 0 Å². The molecule has 0 amide bonds. The molecule has 0 spiro atoms. The Kier molecular flexibility index (Phi) is 3.01. The minimum atomic E-state index is 0.652. The third kappa shape index (κ3) is 2.43. The standard InChI is InChI=1S/C14H19ClN2/c1-10-3-2-4-13(14(10)15)17-8-7-12(9-17)16-11-5-6-11/h2-4,11-12,16H,5-9H2,1H3. The molecule has 1 unspecified atom stereocenters. The summed E-state index contributed by atoms with van der Waals surface area (Å²) in [5.41, 5.74) is 2.37. The van der Waals surface area contributed by atoms with Gasteiger partial charge in [0.1, 0.15) is 0 Å². The van der Waals surface area contributed by atoms with E-state index < -0.39 is 0 Å². The second kappa shape index (κ2) is 4.51. The van der Waals surface area contributed by atoms with E-state index in [4.69, 9.17) is 11.6 Å². The fourth-order valence-electron chi connectivity index (χ4n) is 2.57. The van der Waals surface area contributed by atoms with Gasteiger partial charge in [-0.2, -0.15) is 0 Å². The molecule has 1 atom stereocenters. The summed E-state index contributed by atoms with van der Waals surface area (Å²) in [4.78, 5) is 2.41. The number of benzene rings is 1. The van der Waals surface area contributed by atoms with Crippen molar-refractivity contribution in [3.05, 3.63) is 28.8 Å². The first-order valence-electron chi connectivity index (χ1n) is 6.50. The summed E-state index contributed by atoms with van der Waals surface area (Å²) in [6, 6.07) is 7.75. The molecule has 0 radical (unpaired) electrons. The minimum Gasteiger partial charge on any atom is -0.369 e. The lowest BCUT2D eigenvalue weighted by Gasteiger charge is -2.21. The minimum absolute atomic E-state index is 0.652. The monoisotopic (exact) mass is 250 g/mol. The van der Waals surface area contributed by atoms with Crippen molar-refractivity contribution in [3.8, 4) is 0 Å². The summed E-state index contributed by atoms with van der Waals surface area (Å²) in [6.07, 6.45) is 3.96. The Hall–Kier alpha value is -0.730. The van der Waals surface area contributed by atoms with Crippen molar-refractivity contribution >= 4 is 17.3 Å². The molecule has 0 bridgehead atoms. The van der Waals surface area contributed by atoms with Gasteiger partial charge in [-0.05, 0) is 37.8 Å². The molecular formula is C14H19ClN2. The van der Waals surface area contributed by atoms with E-state index in [0.717, 1.165) is 24.2 Å². The number of rotatable bonds is 3. The Morgan fingerprint density at radius 3 is 2.82 bits per heavy atom. The molecule has 1 saturated carbocycles. The number of aryl methyl sites for hydroxylation is 1. The summed E-state index contributed by atoms with van der Waals surface area (Å²) in [5.74, 6) is 0. The predicted molar refractivity (Wildman–Crippen MR) is 73.0 cm³/mol. The van der Waals surface area contributed by atoms with Crippen molar-refractivity contribution in [1.82, 2.24) is 5.32 Å². The van der Waals surface area contributed by atoms with E-state index in [-0.39, 0.29) is 0 Å². The summed E-state index contributed by atoms with van der Waals surface area (Å²) in [7, 11) is 0. The van der Waals surface area contributed by atoms with Crippen LogP contribution in [0, 0.1) is 6.92 Å². The molecule has 0 aromatic heterocycles. The molecule has 1 saturated heterocycles. The van der Waals surface area contributed by atoms with Gasteiger partial charge < -0.3 is 10.2 Å². The molecule has 1 aliphatic carbocycles. The average Bonchev–Trinajstić information content (AvgIpc) is 3.00. The van der Waals surface area contributed by atoms with Crippen molar-refractivity contribution in [2.24, 2.45) is 0 Å². The Morgan fingerprint density at radius 2 is 2.06 bits per heavy atom. The molecule has 3 heteroatoms. The molecule has 1 aliphatic heterocycles. The van der Waals surface area contributed by atoms with Crippen LogP contribution in [0.3, 0.4) is 0 Å². The molecule has 1 aromatic carbocycles. The zero-order valence-electron chi connectivity index (χ0n) is 10.2. The normalized spacial score (nSPS) is 24.4. The van der Waals surface area contributed by atoms with Crippen LogP contribution in [-0.2, 0) is 0 Å². The summed E-state index contributed by atoms with van der Waals surface area (Å²) in [5, 5.41) is 4.62. The lowest BCUT2D eigenvalue weighted by molar-refractivity contribution is 0.548. The highest BCUT2D eigenvalue weighted by Crippen LogP contribution is 2.31. The van der Waals surface area contributed by atoms with Crippen LogP contribution in [0.2, 0.25) is 5.02 Å². The Morgan fingerprint density at radius 1 is 1.24 bits per heavy atom. The molecule has 3 rings (SSSR count). The van der Waals surface area contributed by atoms with Crippen LogP contribution in [0.5, 0.6) is 0 Å². The van der Waals surface area contributed by atoms with E-state index in [1.165, 1.54) is 30.5 Å². The second-order valence-corrected chi connectivity index (χ2v) is 5.66. The largest absolute Gasteiger partial charge is 0.369 e. The third-order valence-corrected chi connectivity index (χ3v) is 4.24. The zero-order chi connectivity index (χ0) is 11.8. The van der Waals surface area contributed by atoms with Gasteiger partial charge in [-0.1, -0.05) is 23.7 Å². The summed E-state index contributed by atoms with van der Waals surface area (Å²) < 4.78 is 0. The van der Waals surface area contributed by atoms with E-state index in [1.807, 2.05) is 0 Å². The van der Waals surface area contributed by atoms with Gasteiger partial charge in [0.2, 0.25) is 0 Å². The van der Waals surface area contributed by atoms with Crippen LogP contribution in [0.15, 0.2) is 18.2 Å². The third-order valence-electron chi connectivity index (χ3n) is 3.75. The predicted octanol–water partition coefficient (Wildman–Crippen LogP) is 2.98. The van der Waals surface area contributed by atoms with Gasteiger partial charge in [0.05, 0.1) is 10.7 Å². The Bertz CT molecular complexity index is 415. The smallest absolute Gasteiger partial charge is 0.0668 e. The van der Waals surface area contributed by atoms with Crippen LogP contribution in [0.1, 0.15) is 24.8 Å². The van der Waals surface area contributed by atoms with Gasteiger partial charge in [0, 0.05) is 25.2 Å². The van der Waals surface area contributed by atoms with Crippen LogP contribution in [-0.4, -0.2) is 25.2 Å². The van der Waals surface area contributed by atoms with E-state index >= 15 is 0 Å². The van der Waals surface area contributed by atoms with Crippen LogP contribution < -0.4 is 10.2 Å². The molecule has 2 aliphatic rings. The first kappa shape index (κ1) is 11.4. The number of halogens is 1. The van der Waals surface area contributed by atoms with E-state index in [1.54, 1.807) is 0 Å². The highest BCUT2D eigenvalue weighted by Gasteiger charge is 2.29. The van der Waals surface area contributed by atoms with Gasteiger partial charge >= 0.3 is 0 Å². The molecule has 2 fully saturated rings. The van der Waals surface area contributed by atoms with Crippen LogP contribution >= 0.6 is 11.6 Å². The zero-order valence-corrected chi connectivity index (χ0v) is 11.0. The van der Waals surface area contributed by atoms with Gasteiger partial charge in [0.15, 0.2) is 0 Å². The van der Waals surface area contributed by atoms with Gasteiger partial charge in [0.25, 0.3) is 0 Å². The van der Waals surface area contributed by atoms with Crippen molar-refractivity contribution in [2.75, 3.05) is 18.0 Å². The second-order valence-electron chi connectivity index (χ2n) is 5.28. The SMILES string of the molecule is Cc1cccc(N2CCC(NC3CC3)C2)c1Cl. The lowest BCUT2D eigenvalue weighted by atomic mass is 10.2. The maximum atomic E-state index is 6.38. The number of nitrogens with zero attached hydrogens (tertiary/aromatic N) is 1. The molecule has 92 valence electrons. The molecule has 1 aromatic rings. The highest BCUT2D eigenvalue weighted by atomic mass is 35.5. The number of hydrogen-bond acceptors (Lipinski definition) is 2. The molecule has 1 heterocycles. The number of anilines is 1. The first-order chi connectivity index (χ1) is 8.24. The van der Waals surface area contributed by atoms with Gasteiger partial charge in [-0.25, -0.2) is 0 Å². The fraction of sp³-hybridized carbons (Fsp3) is 0.571.